The van der Waals surface area contributed by atoms with Crippen LogP contribution in [0.3, 0.4) is 0 Å². The Balaban J connectivity index is 1.87. The van der Waals surface area contributed by atoms with Gasteiger partial charge >= 0.3 is 6.03 Å². The van der Waals surface area contributed by atoms with E-state index in [1.165, 1.54) is 0 Å². The minimum absolute atomic E-state index is 0.112. The highest BCUT2D eigenvalue weighted by Gasteiger charge is 2.14. The SMILES string of the molecule is CCC(NC(=O)NCC(O)c1ccc(OC)cc1)c1ccc(OC)cc1. The van der Waals surface area contributed by atoms with E-state index >= 15 is 0 Å². The van der Waals surface area contributed by atoms with E-state index in [1.807, 2.05) is 31.2 Å². The molecular formula is C20H26N2O4. The summed E-state index contributed by atoms with van der Waals surface area (Å²) in [6.45, 7) is 2.12. The summed E-state index contributed by atoms with van der Waals surface area (Å²) >= 11 is 0. The number of carbonyl (C=O) groups excluding carboxylic acids is 1. The van der Waals surface area contributed by atoms with Gasteiger partial charge in [0.2, 0.25) is 0 Å². The molecule has 0 aromatic heterocycles. The second-order valence-electron chi connectivity index (χ2n) is 5.88. The molecule has 0 aliphatic carbocycles. The molecule has 2 aromatic carbocycles. The highest BCUT2D eigenvalue weighted by atomic mass is 16.5. The number of hydrogen-bond donors (Lipinski definition) is 3. The van der Waals surface area contributed by atoms with Gasteiger partial charge in [-0.2, -0.15) is 0 Å². The molecule has 2 rings (SSSR count). The van der Waals surface area contributed by atoms with Gasteiger partial charge in [-0.1, -0.05) is 31.2 Å². The maximum atomic E-state index is 12.2. The molecule has 0 heterocycles. The van der Waals surface area contributed by atoms with E-state index < -0.39 is 6.10 Å². The summed E-state index contributed by atoms with van der Waals surface area (Å²) < 4.78 is 10.2. The van der Waals surface area contributed by atoms with Crippen LogP contribution in [-0.2, 0) is 0 Å². The molecule has 6 nitrogen and oxygen atoms in total. The van der Waals surface area contributed by atoms with Gasteiger partial charge in [0.25, 0.3) is 0 Å². The predicted molar refractivity (Wildman–Crippen MR) is 101 cm³/mol. The van der Waals surface area contributed by atoms with E-state index in [0.717, 1.165) is 23.5 Å². The lowest BCUT2D eigenvalue weighted by Crippen LogP contribution is -2.39. The molecule has 2 atom stereocenters. The van der Waals surface area contributed by atoms with Gasteiger partial charge < -0.3 is 25.2 Å². The molecule has 0 saturated heterocycles. The van der Waals surface area contributed by atoms with E-state index in [0.29, 0.717) is 5.56 Å². The Kier molecular flexibility index (Phi) is 7.29. The fourth-order valence-corrected chi connectivity index (χ4v) is 2.60. The molecule has 0 aliphatic rings. The van der Waals surface area contributed by atoms with Crippen LogP contribution in [0, 0.1) is 0 Å². The normalized spacial score (nSPS) is 12.8. The number of benzene rings is 2. The summed E-state index contributed by atoms with van der Waals surface area (Å²) in [6, 6.07) is 14.3. The summed E-state index contributed by atoms with van der Waals surface area (Å²) in [6.07, 6.45) is -0.0337. The summed E-state index contributed by atoms with van der Waals surface area (Å²) in [7, 11) is 3.20. The highest BCUT2D eigenvalue weighted by molar-refractivity contribution is 5.74. The van der Waals surface area contributed by atoms with Gasteiger partial charge in [0.15, 0.2) is 0 Å². The van der Waals surface area contributed by atoms with Gasteiger partial charge in [-0.25, -0.2) is 4.79 Å². The van der Waals surface area contributed by atoms with E-state index in [2.05, 4.69) is 10.6 Å². The lowest BCUT2D eigenvalue weighted by Gasteiger charge is -2.19. The van der Waals surface area contributed by atoms with Crippen LogP contribution in [0.5, 0.6) is 11.5 Å². The fourth-order valence-electron chi connectivity index (χ4n) is 2.60. The number of aliphatic hydroxyl groups is 1. The summed E-state index contributed by atoms with van der Waals surface area (Å²) in [4.78, 5) is 12.2. The predicted octanol–water partition coefficient (Wildman–Crippen LogP) is 3.19. The lowest BCUT2D eigenvalue weighted by molar-refractivity contribution is 0.172. The molecule has 0 spiro atoms. The molecule has 0 saturated carbocycles. The molecule has 3 N–H and O–H groups in total. The van der Waals surface area contributed by atoms with Gasteiger partial charge in [-0.3, -0.25) is 0 Å². The summed E-state index contributed by atoms with van der Waals surface area (Å²) in [5.41, 5.74) is 1.72. The van der Waals surface area contributed by atoms with Crippen LogP contribution < -0.4 is 20.1 Å². The van der Waals surface area contributed by atoms with E-state index in [4.69, 9.17) is 9.47 Å². The van der Waals surface area contributed by atoms with E-state index in [1.54, 1.807) is 38.5 Å². The van der Waals surface area contributed by atoms with Gasteiger partial charge in [0.1, 0.15) is 11.5 Å². The number of ether oxygens (including phenoxy) is 2. The number of aliphatic hydroxyl groups excluding tert-OH is 1. The maximum absolute atomic E-state index is 12.2. The second-order valence-corrected chi connectivity index (χ2v) is 5.88. The number of nitrogens with one attached hydrogen (secondary N) is 2. The average molecular weight is 358 g/mol. The van der Waals surface area contributed by atoms with Crippen molar-refractivity contribution in [3.8, 4) is 11.5 Å². The molecule has 2 aromatic rings. The zero-order valence-electron chi connectivity index (χ0n) is 15.4. The number of amides is 2. The maximum Gasteiger partial charge on any atom is 0.315 e. The Morgan fingerprint density at radius 3 is 1.92 bits per heavy atom. The van der Waals surface area contributed by atoms with Crippen molar-refractivity contribution in [1.82, 2.24) is 10.6 Å². The van der Waals surface area contributed by atoms with Crippen LogP contribution in [0.4, 0.5) is 4.79 Å². The van der Waals surface area contributed by atoms with Crippen molar-refractivity contribution in [3.05, 3.63) is 59.7 Å². The minimum atomic E-state index is -0.785. The topological polar surface area (TPSA) is 79.8 Å². The Labute approximate surface area is 154 Å². The quantitative estimate of drug-likeness (QED) is 0.677. The first-order valence-corrected chi connectivity index (χ1v) is 8.57. The van der Waals surface area contributed by atoms with Crippen LogP contribution in [0.2, 0.25) is 0 Å². The first-order valence-electron chi connectivity index (χ1n) is 8.57. The molecular weight excluding hydrogens is 332 g/mol. The molecule has 0 bridgehead atoms. The van der Waals surface area contributed by atoms with Crippen molar-refractivity contribution in [2.45, 2.75) is 25.5 Å². The largest absolute Gasteiger partial charge is 0.497 e. The van der Waals surface area contributed by atoms with Gasteiger partial charge in [-0.05, 0) is 41.8 Å². The Morgan fingerprint density at radius 2 is 1.46 bits per heavy atom. The zero-order valence-corrected chi connectivity index (χ0v) is 15.4. The van der Waals surface area contributed by atoms with Crippen LogP contribution in [0.15, 0.2) is 48.5 Å². The zero-order chi connectivity index (χ0) is 18.9. The van der Waals surface area contributed by atoms with Gasteiger partial charge in [0, 0.05) is 6.54 Å². The number of rotatable bonds is 8. The van der Waals surface area contributed by atoms with Crippen LogP contribution >= 0.6 is 0 Å². The van der Waals surface area contributed by atoms with Gasteiger partial charge in [0.05, 0.1) is 26.4 Å². The van der Waals surface area contributed by atoms with Crippen molar-refractivity contribution in [2.75, 3.05) is 20.8 Å². The fraction of sp³-hybridized carbons (Fsp3) is 0.350. The number of methoxy groups -OCH3 is 2. The molecule has 0 fully saturated rings. The summed E-state index contributed by atoms with van der Waals surface area (Å²) in [5.74, 6) is 1.49. The Hall–Kier alpha value is -2.73. The van der Waals surface area contributed by atoms with E-state index in [9.17, 15) is 9.90 Å². The van der Waals surface area contributed by atoms with Crippen molar-refractivity contribution in [2.24, 2.45) is 0 Å². The monoisotopic (exact) mass is 358 g/mol. The standard InChI is InChI=1S/C20H26N2O4/c1-4-18(14-5-9-16(25-2)10-6-14)22-20(24)21-13-19(23)15-7-11-17(26-3)12-8-15/h5-12,18-19,23H,4,13H2,1-3H3,(H2,21,22,24). The number of carbonyl (C=O) groups is 1. The molecule has 0 aliphatic heterocycles. The van der Waals surface area contributed by atoms with Crippen molar-refractivity contribution >= 4 is 6.03 Å². The second kappa shape index (κ2) is 9.68. The third kappa shape index (κ3) is 5.39. The van der Waals surface area contributed by atoms with Crippen LogP contribution in [0.1, 0.15) is 36.6 Å². The minimum Gasteiger partial charge on any atom is -0.497 e. The van der Waals surface area contributed by atoms with Gasteiger partial charge in [-0.15, -0.1) is 0 Å². The summed E-state index contributed by atoms with van der Waals surface area (Å²) in [5, 5.41) is 15.8. The number of hydrogen-bond acceptors (Lipinski definition) is 4. The van der Waals surface area contributed by atoms with Crippen LogP contribution in [0.25, 0.3) is 0 Å². The average Bonchev–Trinajstić information content (AvgIpc) is 2.70. The Morgan fingerprint density at radius 1 is 0.962 bits per heavy atom. The molecule has 6 heteroatoms. The van der Waals surface area contributed by atoms with Crippen molar-refractivity contribution < 1.29 is 19.4 Å². The first-order chi connectivity index (χ1) is 12.6. The van der Waals surface area contributed by atoms with Crippen molar-refractivity contribution in [1.29, 1.82) is 0 Å². The third-order valence-electron chi connectivity index (χ3n) is 4.19. The Bertz CT molecular complexity index is 686. The highest BCUT2D eigenvalue weighted by Crippen LogP contribution is 2.20. The molecule has 2 unspecified atom stereocenters. The number of urea groups is 1. The van der Waals surface area contributed by atoms with Crippen LogP contribution in [-0.4, -0.2) is 31.9 Å². The molecule has 26 heavy (non-hydrogen) atoms. The lowest BCUT2D eigenvalue weighted by atomic mass is 10.0. The smallest absolute Gasteiger partial charge is 0.315 e. The first kappa shape index (κ1) is 19.6. The van der Waals surface area contributed by atoms with E-state index in [-0.39, 0.29) is 18.6 Å². The molecule has 0 radical (unpaired) electrons. The third-order valence-corrected chi connectivity index (χ3v) is 4.19. The molecule has 140 valence electrons. The molecule has 2 amide bonds. The van der Waals surface area contributed by atoms with Crippen molar-refractivity contribution in [3.63, 3.8) is 0 Å².